The molecule has 0 spiro atoms. The number of anilines is 3. The molecular weight excluding hydrogens is 406 g/mol. The maximum Gasteiger partial charge on any atom is 0.252 e. The number of aromatic nitrogens is 1. The molecule has 166 valence electrons. The number of primary amides is 1. The molecule has 4 saturated carbocycles. The zero-order chi connectivity index (χ0) is 22.3. The summed E-state index contributed by atoms with van der Waals surface area (Å²) in [4.78, 5) is 16.4. The predicted molar refractivity (Wildman–Crippen MR) is 120 cm³/mol. The minimum absolute atomic E-state index is 0.000752. The number of nitriles is 1. The van der Waals surface area contributed by atoms with E-state index in [-0.39, 0.29) is 12.6 Å². The summed E-state index contributed by atoms with van der Waals surface area (Å²) in [6.45, 7) is -0.000752. The minimum Gasteiger partial charge on any atom is -0.479 e. The van der Waals surface area contributed by atoms with E-state index in [0.717, 1.165) is 37.8 Å². The van der Waals surface area contributed by atoms with Crippen LogP contribution >= 0.6 is 0 Å². The van der Waals surface area contributed by atoms with Gasteiger partial charge in [-0.25, -0.2) is 4.98 Å². The normalized spacial score (nSPS) is 29.9. The number of carbonyl (C=O) groups is 1. The van der Waals surface area contributed by atoms with Gasteiger partial charge in [-0.1, -0.05) is 0 Å². The highest BCUT2D eigenvalue weighted by molar-refractivity contribution is 5.98. The lowest BCUT2D eigenvalue weighted by Crippen LogP contribution is -2.59. The number of rotatable bonds is 7. The third kappa shape index (κ3) is 3.96. The molecule has 4 fully saturated rings. The summed E-state index contributed by atoms with van der Waals surface area (Å²) in [5.41, 5.74) is 6.96. The predicted octanol–water partition coefficient (Wildman–Crippen LogP) is 3.18. The van der Waals surface area contributed by atoms with Gasteiger partial charge in [0.05, 0.1) is 16.9 Å². The van der Waals surface area contributed by atoms with Crippen molar-refractivity contribution >= 4 is 23.1 Å². The minimum atomic E-state index is -0.520. The van der Waals surface area contributed by atoms with Crippen molar-refractivity contribution in [2.75, 3.05) is 17.2 Å². The van der Waals surface area contributed by atoms with Gasteiger partial charge in [-0.15, -0.1) is 0 Å². The highest BCUT2D eigenvalue weighted by Crippen LogP contribution is 2.56. The lowest BCUT2D eigenvalue weighted by atomic mass is 9.52. The van der Waals surface area contributed by atoms with E-state index in [2.05, 4.69) is 15.6 Å². The largest absolute Gasteiger partial charge is 0.479 e. The molecule has 1 aromatic carbocycles. The van der Waals surface area contributed by atoms with E-state index in [1.165, 1.54) is 6.20 Å². The average molecular weight is 434 g/mol. The van der Waals surface area contributed by atoms with Crippen molar-refractivity contribution in [3.63, 3.8) is 0 Å². The van der Waals surface area contributed by atoms with E-state index in [4.69, 9.17) is 15.7 Å². The molecule has 1 aromatic heterocycles. The number of nitrogens with one attached hydrogen (secondary N) is 2. The number of amides is 1. The summed E-state index contributed by atoms with van der Waals surface area (Å²) < 4.78 is 5.28. The first kappa shape index (κ1) is 20.6. The molecule has 5 atom stereocenters. The molecule has 1 amide bonds. The maximum atomic E-state index is 12.1. The molecule has 0 aliphatic heterocycles. The third-order valence-corrected chi connectivity index (χ3v) is 7.16. The standard InChI is InChI=1S/C24H27N5O3/c25-5-6-32-18-3-1-17(2-4-18)28-21-9-20(19(13-27-21)23(26)30)29-22-15-7-14-8-16(22)12-24(31,10-14)11-15/h1-4,9,13-16,22,31H,6-8,10-12H2,(H2,26,30)(H2,27,28,29)/t14-,15-,16+,22-,24-. The second kappa shape index (κ2) is 7.99. The second-order valence-corrected chi connectivity index (χ2v) is 9.44. The quantitative estimate of drug-likeness (QED) is 0.527. The van der Waals surface area contributed by atoms with Crippen LogP contribution < -0.4 is 21.1 Å². The smallest absolute Gasteiger partial charge is 0.252 e. The van der Waals surface area contributed by atoms with Crippen molar-refractivity contribution in [2.45, 2.75) is 43.7 Å². The maximum absolute atomic E-state index is 12.1. The Morgan fingerprint density at radius 1 is 1.25 bits per heavy atom. The zero-order valence-electron chi connectivity index (χ0n) is 17.8. The van der Waals surface area contributed by atoms with E-state index >= 15 is 0 Å². The fourth-order valence-electron chi connectivity index (χ4n) is 6.13. The lowest BCUT2D eigenvalue weighted by molar-refractivity contribution is -0.129. The molecule has 5 N–H and O–H groups in total. The summed E-state index contributed by atoms with van der Waals surface area (Å²) >= 11 is 0. The van der Waals surface area contributed by atoms with Gasteiger partial charge in [-0.05, 0) is 74.1 Å². The number of nitrogens with zero attached hydrogens (tertiary/aromatic N) is 2. The molecule has 0 radical (unpaired) electrons. The van der Waals surface area contributed by atoms with E-state index < -0.39 is 11.5 Å². The van der Waals surface area contributed by atoms with Gasteiger partial charge in [0.2, 0.25) is 0 Å². The Morgan fingerprint density at radius 2 is 1.97 bits per heavy atom. The first-order chi connectivity index (χ1) is 15.4. The number of pyridine rings is 1. The molecule has 1 heterocycles. The summed E-state index contributed by atoms with van der Waals surface area (Å²) in [5, 5.41) is 26.3. The lowest BCUT2D eigenvalue weighted by Gasteiger charge is -2.58. The van der Waals surface area contributed by atoms with Crippen LogP contribution in [0.4, 0.5) is 17.2 Å². The van der Waals surface area contributed by atoms with Crippen LogP contribution in [0.5, 0.6) is 5.75 Å². The topological polar surface area (TPSA) is 133 Å². The Kier molecular flexibility index (Phi) is 5.14. The van der Waals surface area contributed by atoms with Gasteiger partial charge in [0.1, 0.15) is 17.6 Å². The van der Waals surface area contributed by atoms with E-state index in [9.17, 15) is 9.90 Å². The van der Waals surface area contributed by atoms with E-state index in [0.29, 0.717) is 40.6 Å². The van der Waals surface area contributed by atoms with Crippen molar-refractivity contribution in [2.24, 2.45) is 23.5 Å². The molecule has 4 bridgehead atoms. The van der Waals surface area contributed by atoms with Gasteiger partial charge in [0.25, 0.3) is 5.91 Å². The Balaban J connectivity index is 1.35. The average Bonchev–Trinajstić information content (AvgIpc) is 2.74. The van der Waals surface area contributed by atoms with Crippen LogP contribution in [-0.2, 0) is 0 Å². The number of hydrogen-bond acceptors (Lipinski definition) is 7. The van der Waals surface area contributed by atoms with Crippen LogP contribution in [0.1, 0.15) is 42.5 Å². The fraction of sp³-hybridized carbons (Fsp3) is 0.458. The van der Waals surface area contributed by atoms with Gasteiger partial charge < -0.3 is 26.2 Å². The van der Waals surface area contributed by atoms with E-state index in [1.807, 2.05) is 24.3 Å². The van der Waals surface area contributed by atoms with Gasteiger partial charge in [0.15, 0.2) is 6.61 Å². The molecule has 6 rings (SSSR count). The molecule has 8 nitrogen and oxygen atoms in total. The molecule has 2 aromatic rings. The van der Waals surface area contributed by atoms with Crippen LogP contribution in [0.3, 0.4) is 0 Å². The van der Waals surface area contributed by atoms with Crippen molar-refractivity contribution in [3.8, 4) is 11.8 Å². The van der Waals surface area contributed by atoms with E-state index in [1.54, 1.807) is 12.1 Å². The molecule has 32 heavy (non-hydrogen) atoms. The SMILES string of the molecule is N#CCOc1ccc(Nc2cc(N[C@@H]3[C@@H]4C[C@@H]5C[C@H]3C[C@@](O)(C5)C4)c(C(N)=O)cn2)cc1. The number of carbonyl (C=O) groups excluding carboxylic acids is 1. The van der Waals surface area contributed by atoms with Crippen LogP contribution in [0.25, 0.3) is 0 Å². The van der Waals surface area contributed by atoms with Gasteiger partial charge in [0, 0.05) is 24.0 Å². The summed E-state index contributed by atoms with van der Waals surface area (Å²) in [6, 6.07) is 11.2. The monoisotopic (exact) mass is 433 g/mol. The Morgan fingerprint density at radius 3 is 2.59 bits per heavy atom. The molecule has 0 saturated heterocycles. The number of aliphatic hydroxyl groups is 1. The van der Waals surface area contributed by atoms with Gasteiger partial charge >= 0.3 is 0 Å². The van der Waals surface area contributed by atoms with Crippen molar-refractivity contribution in [3.05, 3.63) is 42.1 Å². The van der Waals surface area contributed by atoms with Crippen LogP contribution in [0.2, 0.25) is 0 Å². The number of benzene rings is 1. The zero-order valence-corrected chi connectivity index (χ0v) is 17.8. The Hall–Kier alpha value is -3.31. The fourth-order valence-corrected chi connectivity index (χ4v) is 6.13. The molecule has 4 aliphatic rings. The number of ether oxygens (including phenoxy) is 1. The molecular formula is C24H27N5O3. The summed E-state index contributed by atoms with van der Waals surface area (Å²) in [7, 11) is 0. The van der Waals surface area contributed by atoms with Crippen molar-refractivity contribution in [1.29, 1.82) is 5.26 Å². The second-order valence-electron chi connectivity index (χ2n) is 9.44. The van der Waals surface area contributed by atoms with Gasteiger partial charge in [-0.2, -0.15) is 5.26 Å². The van der Waals surface area contributed by atoms with Crippen molar-refractivity contribution < 1.29 is 14.6 Å². The third-order valence-electron chi connectivity index (χ3n) is 7.16. The first-order valence-electron chi connectivity index (χ1n) is 11.1. The van der Waals surface area contributed by atoms with Crippen LogP contribution in [-0.4, -0.2) is 34.2 Å². The number of hydrogen-bond donors (Lipinski definition) is 4. The molecule has 0 unspecified atom stereocenters. The first-order valence-corrected chi connectivity index (χ1v) is 11.1. The highest BCUT2D eigenvalue weighted by atomic mass is 16.5. The molecule has 4 aliphatic carbocycles. The summed E-state index contributed by atoms with van der Waals surface area (Å²) in [5.74, 6) is 2.09. The highest BCUT2D eigenvalue weighted by Gasteiger charge is 2.54. The number of nitrogens with two attached hydrogens (primary N) is 1. The summed E-state index contributed by atoms with van der Waals surface area (Å²) in [6.07, 6.45) is 6.32. The Bertz CT molecular complexity index is 1050. The van der Waals surface area contributed by atoms with Crippen LogP contribution in [0, 0.1) is 29.1 Å². The Labute approximate surface area is 186 Å². The van der Waals surface area contributed by atoms with Crippen LogP contribution in [0.15, 0.2) is 36.5 Å². The molecule has 8 heteroatoms. The van der Waals surface area contributed by atoms with Gasteiger partial charge in [-0.3, -0.25) is 4.79 Å². The van der Waals surface area contributed by atoms with Crippen molar-refractivity contribution in [1.82, 2.24) is 4.98 Å².